The van der Waals surface area contributed by atoms with Gasteiger partial charge in [-0.25, -0.2) is 9.79 Å². The smallest absolute Gasteiger partial charge is 0.338 e. The monoisotopic (exact) mass is 608 g/mol. The SMILES string of the molecule is CCOC(=O)C1=C(C)N=c2sc(=Cc3cc4ccccc4n3Cc3ccccc3[N+](=O)[O-])c(=O)n2[C@@H]1c1ccc(OC)cc1. The van der Waals surface area contributed by atoms with Crippen LogP contribution in [0.15, 0.2) is 99.9 Å². The van der Waals surface area contributed by atoms with Crippen LogP contribution in [0.5, 0.6) is 5.75 Å². The van der Waals surface area contributed by atoms with Gasteiger partial charge in [0.05, 0.1) is 47.0 Å². The van der Waals surface area contributed by atoms with E-state index in [1.807, 2.05) is 47.0 Å². The summed E-state index contributed by atoms with van der Waals surface area (Å²) in [6.45, 7) is 3.88. The molecule has 6 rings (SSSR count). The maximum Gasteiger partial charge on any atom is 0.338 e. The number of nitro benzene ring substituents is 1. The van der Waals surface area contributed by atoms with Crippen LogP contribution in [0.1, 0.15) is 36.7 Å². The molecule has 0 saturated carbocycles. The van der Waals surface area contributed by atoms with Crippen molar-refractivity contribution in [2.24, 2.45) is 4.99 Å². The number of para-hydroxylation sites is 2. The lowest BCUT2D eigenvalue weighted by Gasteiger charge is -2.24. The number of fused-ring (bicyclic) bond motifs is 2. The van der Waals surface area contributed by atoms with E-state index < -0.39 is 12.0 Å². The predicted molar refractivity (Wildman–Crippen MR) is 168 cm³/mol. The van der Waals surface area contributed by atoms with Gasteiger partial charge in [-0.15, -0.1) is 0 Å². The number of hydrogen-bond donors (Lipinski definition) is 0. The molecule has 0 unspecified atom stereocenters. The summed E-state index contributed by atoms with van der Waals surface area (Å²) >= 11 is 1.22. The summed E-state index contributed by atoms with van der Waals surface area (Å²) in [6, 6.07) is 22.8. The van der Waals surface area contributed by atoms with Crippen molar-refractivity contribution in [2.75, 3.05) is 13.7 Å². The van der Waals surface area contributed by atoms with Crippen LogP contribution >= 0.6 is 11.3 Å². The number of ether oxygens (including phenoxy) is 2. The molecule has 1 aliphatic heterocycles. The van der Waals surface area contributed by atoms with Gasteiger partial charge in [-0.05, 0) is 49.8 Å². The molecule has 5 aromatic rings. The highest BCUT2D eigenvalue weighted by Gasteiger charge is 2.33. The highest BCUT2D eigenvalue weighted by Crippen LogP contribution is 2.32. The average molecular weight is 609 g/mol. The molecule has 10 nitrogen and oxygen atoms in total. The molecule has 0 spiro atoms. The summed E-state index contributed by atoms with van der Waals surface area (Å²) in [5, 5.41) is 12.7. The van der Waals surface area contributed by atoms with Gasteiger partial charge >= 0.3 is 5.97 Å². The van der Waals surface area contributed by atoms with E-state index in [1.165, 1.54) is 22.0 Å². The van der Waals surface area contributed by atoms with E-state index in [-0.39, 0.29) is 29.3 Å². The maximum absolute atomic E-state index is 14.2. The van der Waals surface area contributed by atoms with Crippen molar-refractivity contribution in [3.63, 3.8) is 0 Å². The average Bonchev–Trinajstić information content (AvgIpc) is 3.52. The lowest BCUT2D eigenvalue weighted by molar-refractivity contribution is -0.385. The third kappa shape index (κ3) is 5.11. The highest BCUT2D eigenvalue weighted by molar-refractivity contribution is 7.07. The molecule has 11 heteroatoms. The van der Waals surface area contributed by atoms with Gasteiger partial charge in [0, 0.05) is 28.2 Å². The summed E-state index contributed by atoms with van der Waals surface area (Å²) in [7, 11) is 1.57. The minimum Gasteiger partial charge on any atom is -0.497 e. The molecule has 0 amide bonds. The van der Waals surface area contributed by atoms with E-state index in [0.29, 0.717) is 43.2 Å². The zero-order valence-electron chi connectivity index (χ0n) is 24.2. The van der Waals surface area contributed by atoms with Gasteiger partial charge in [0.15, 0.2) is 4.80 Å². The molecule has 2 aromatic heterocycles. The van der Waals surface area contributed by atoms with E-state index in [9.17, 15) is 19.7 Å². The van der Waals surface area contributed by atoms with Crippen LogP contribution in [0.2, 0.25) is 0 Å². The molecule has 3 aromatic carbocycles. The molecule has 44 heavy (non-hydrogen) atoms. The first-order valence-corrected chi connectivity index (χ1v) is 14.8. The Morgan fingerprint density at radius 2 is 1.82 bits per heavy atom. The Hall–Kier alpha value is -5.29. The van der Waals surface area contributed by atoms with Crippen LogP contribution in [0.4, 0.5) is 5.69 Å². The molecule has 222 valence electrons. The summed E-state index contributed by atoms with van der Waals surface area (Å²) in [4.78, 5) is 43.9. The van der Waals surface area contributed by atoms with Crippen LogP contribution in [-0.2, 0) is 16.1 Å². The number of carbonyl (C=O) groups is 1. The minimum absolute atomic E-state index is 0.0251. The first-order chi connectivity index (χ1) is 21.3. The van der Waals surface area contributed by atoms with Gasteiger partial charge in [0.2, 0.25) is 0 Å². The van der Waals surface area contributed by atoms with Crippen LogP contribution in [0.3, 0.4) is 0 Å². The molecule has 0 saturated heterocycles. The third-order valence-corrected chi connectivity index (χ3v) is 8.57. The molecular weight excluding hydrogens is 580 g/mol. The van der Waals surface area contributed by atoms with Crippen LogP contribution < -0.4 is 19.6 Å². The first kappa shape index (κ1) is 28.8. The number of esters is 1. The molecule has 0 bridgehead atoms. The number of aromatic nitrogens is 2. The van der Waals surface area contributed by atoms with E-state index in [4.69, 9.17) is 9.47 Å². The number of carbonyl (C=O) groups excluding carboxylic acids is 1. The van der Waals surface area contributed by atoms with E-state index in [1.54, 1.807) is 57.4 Å². The summed E-state index contributed by atoms with van der Waals surface area (Å²) < 4.78 is 14.6. The highest BCUT2D eigenvalue weighted by atomic mass is 32.1. The van der Waals surface area contributed by atoms with Crippen molar-refractivity contribution in [1.29, 1.82) is 0 Å². The van der Waals surface area contributed by atoms with E-state index in [2.05, 4.69) is 4.99 Å². The number of benzene rings is 3. The van der Waals surface area contributed by atoms with Crippen LogP contribution in [-0.4, -0.2) is 33.7 Å². The fraction of sp³-hybridized carbons (Fsp3) is 0.182. The number of hydrogen-bond acceptors (Lipinski definition) is 8. The number of methoxy groups -OCH3 is 1. The maximum atomic E-state index is 14.2. The Kier molecular flexibility index (Phi) is 7.71. The lowest BCUT2D eigenvalue weighted by atomic mass is 9.96. The molecule has 0 radical (unpaired) electrons. The molecule has 1 aliphatic rings. The van der Waals surface area contributed by atoms with Crippen molar-refractivity contribution in [2.45, 2.75) is 26.4 Å². The van der Waals surface area contributed by atoms with E-state index in [0.717, 1.165) is 10.9 Å². The Morgan fingerprint density at radius 1 is 1.09 bits per heavy atom. The molecule has 0 fully saturated rings. The molecule has 0 N–H and O–H groups in total. The lowest BCUT2D eigenvalue weighted by Crippen LogP contribution is -2.40. The second kappa shape index (κ2) is 11.8. The molecular formula is C33H28N4O6S. The van der Waals surface area contributed by atoms with Crippen molar-refractivity contribution < 1.29 is 19.2 Å². The summed E-state index contributed by atoms with van der Waals surface area (Å²) in [5.74, 6) is 0.111. The Labute approximate surface area is 255 Å². The number of nitrogens with zero attached hydrogens (tertiary/aromatic N) is 4. The Morgan fingerprint density at radius 3 is 2.55 bits per heavy atom. The van der Waals surface area contributed by atoms with Gasteiger partial charge in [-0.2, -0.15) is 0 Å². The molecule has 0 aliphatic carbocycles. The number of nitro groups is 1. The topological polar surface area (TPSA) is 118 Å². The van der Waals surface area contributed by atoms with Crippen molar-refractivity contribution >= 4 is 40.0 Å². The predicted octanol–water partition coefficient (Wildman–Crippen LogP) is 4.72. The van der Waals surface area contributed by atoms with Crippen molar-refractivity contribution in [3.8, 4) is 5.75 Å². The van der Waals surface area contributed by atoms with Gasteiger partial charge in [0.1, 0.15) is 5.75 Å². The zero-order valence-corrected chi connectivity index (χ0v) is 25.0. The quantitative estimate of drug-likeness (QED) is 0.143. The second-order valence-corrected chi connectivity index (χ2v) is 11.2. The minimum atomic E-state index is -0.754. The first-order valence-electron chi connectivity index (χ1n) is 13.9. The van der Waals surface area contributed by atoms with Crippen LogP contribution in [0.25, 0.3) is 17.0 Å². The third-order valence-electron chi connectivity index (χ3n) is 7.59. The molecule has 1 atom stereocenters. The van der Waals surface area contributed by atoms with Gasteiger partial charge in [-0.3, -0.25) is 19.5 Å². The van der Waals surface area contributed by atoms with Crippen LogP contribution in [0, 0.1) is 10.1 Å². The number of rotatable bonds is 8. The summed E-state index contributed by atoms with van der Waals surface area (Å²) in [5.41, 5.74) is 3.32. The zero-order chi connectivity index (χ0) is 31.0. The van der Waals surface area contributed by atoms with Gasteiger partial charge in [-0.1, -0.05) is 59.9 Å². The fourth-order valence-electron chi connectivity index (χ4n) is 5.55. The normalized spacial score (nSPS) is 14.8. The summed E-state index contributed by atoms with van der Waals surface area (Å²) in [6.07, 6.45) is 1.78. The van der Waals surface area contributed by atoms with Gasteiger partial charge in [0.25, 0.3) is 11.2 Å². The second-order valence-electron chi connectivity index (χ2n) is 10.2. The number of allylic oxidation sites excluding steroid dienone is 1. The number of thiazole rings is 1. The van der Waals surface area contributed by atoms with E-state index >= 15 is 0 Å². The Balaban J connectivity index is 1.54. The van der Waals surface area contributed by atoms with Crippen molar-refractivity contribution in [3.05, 3.63) is 137 Å². The van der Waals surface area contributed by atoms with Gasteiger partial charge < -0.3 is 14.0 Å². The van der Waals surface area contributed by atoms with Crippen molar-refractivity contribution in [1.82, 2.24) is 9.13 Å². The Bertz CT molecular complexity index is 2140. The standard InChI is InChI=1S/C33H28N4O6S/c1-4-43-32(39)29-20(2)34-33-36(30(29)21-13-15-25(42-3)16-14-21)31(38)28(44-33)18-24-17-22-9-5-7-11-26(22)35(24)19-23-10-6-8-12-27(23)37(40)41/h5-18,30H,4,19H2,1-3H3/t30-/m1/s1. The fourth-order valence-corrected chi connectivity index (χ4v) is 6.58. The molecule has 3 heterocycles. The largest absolute Gasteiger partial charge is 0.497 e.